The summed E-state index contributed by atoms with van der Waals surface area (Å²) in [6, 6.07) is 4.59. The summed E-state index contributed by atoms with van der Waals surface area (Å²) in [6.45, 7) is 0.503. The van der Waals surface area contributed by atoms with Gasteiger partial charge in [0.1, 0.15) is 0 Å². The molecule has 0 bridgehead atoms. The lowest BCUT2D eigenvalue weighted by atomic mass is 10.1. The highest BCUT2D eigenvalue weighted by atomic mass is 35.5. The Labute approximate surface area is 119 Å². The van der Waals surface area contributed by atoms with Gasteiger partial charge in [-0.25, -0.2) is 4.79 Å². The number of carbonyl (C=O) groups is 2. The molecule has 0 radical (unpaired) electrons. The predicted molar refractivity (Wildman–Crippen MR) is 69.7 cm³/mol. The molecule has 1 amide bonds. The van der Waals surface area contributed by atoms with Gasteiger partial charge in [-0.1, -0.05) is 23.2 Å². The third kappa shape index (κ3) is 3.18. The van der Waals surface area contributed by atoms with E-state index in [1.807, 2.05) is 0 Å². The molecular weight excluding hydrogens is 293 g/mol. The first-order valence-electron chi connectivity index (χ1n) is 5.58. The van der Waals surface area contributed by atoms with Crippen molar-refractivity contribution in [1.82, 2.24) is 4.90 Å². The maximum Gasteiger partial charge on any atom is 0.334 e. The van der Waals surface area contributed by atoms with Crippen LogP contribution in [-0.2, 0) is 9.53 Å². The number of rotatable bonds is 2. The summed E-state index contributed by atoms with van der Waals surface area (Å²) in [6.07, 6.45) is -1.00. The van der Waals surface area contributed by atoms with Crippen LogP contribution in [0.3, 0.4) is 0 Å². The number of ether oxygens (including phenoxy) is 1. The molecule has 1 unspecified atom stereocenters. The molecule has 7 heteroatoms. The van der Waals surface area contributed by atoms with Crippen molar-refractivity contribution >= 4 is 35.1 Å². The van der Waals surface area contributed by atoms with Crippen molar-refractivity contribution in [2.45, 2.75) is 6.10 Å². The molecule has 1 aromatic carbocycles. The van der Waals surface area contributed by atoms with Gasteiger partial charge in [-0.3, -0.25) is 4.79 Å². The van der Waals surface area contributed by atoms with Crippen LogP contribution in [0, 0.1) is 0 Å². The number of hydrogen-bond donors (Lipinski definition) is 1. The van der Waals surface area contributed by atoms with E-state index in [1.54, 1.807) is 6.07 Å². The molecule has 5 nitrogen and oxygen atoms in total. The van der Waals surface area contributed by atoms with E-state index in [4.69, 9.17) is 33.0 Å². The number of amides is 1. The first-order valence-corrected chi connectivity index (χ1v) is 6.33. The highest BCUT2D eigenvalue weighted by molar-refractivity contribution is 6.35. The van der Waals surface area contributed by atoms with Crippen LogP contribution in [0.2, 0.25) is 10.0 Å². The summed E-state index contributed by atoms with van der Waals surface area (Å²) in [5, 5.41) is 9.58. The largest absolute Gasteiger partial charge is 0.479 e. The number of halogens is 2. The van der Waals surface area contributed by atoms with Crippen LogP contribution < -0.4 is 0 Å². The Balaban J connectivity index is 2.19. The van der Waals surface area contributed by atoms with Gasteiger partial charge in [0.2, 0.25) is 0 Å². The van der Waals surface area contributed by atoms with Crippen LogP contribution in [-0.4, -0.2) is 47.7 Å². The van der Waals surface area contributed by atoms with Gasteiger partial charge in [0.15, 0.2) is 6.10 Å². The Morgan fingerprint density at radius 2 is 2.11 bits per heavy atom. The summed E-state index contributed by atoms with van der Waals surface area (Å²) in [5.41, 5.74) is 0.264. The Morgan fingerprint density at radius 1 is 1.37 bits per heavy atom. The van der Waals surface area contributed by atoms with Gasteiger partial charge in [0, 0.05) is 11.6 Å². The molecule has 0 aromatic heterocycles. The third-order valence-corrected chi connectivity index (χ3v) is 3.35. The summed E-state index contributed by atoms with van der Waals surface area (Å²) in [5.74, 6) is -1.43. The van der Waals surface area contributed by atoms with E-state index in [0.717, 1.165) is 0 Å². The maximum atomic E-state index is 12.3. The Morgan fingerprint density at radius 3 is 2.79 bits per heavy atom. The van der Waals surface area contributed by atoms with E-state index < -0.39 is 12.1 Å². The molecule has 1 N–H and O–H groups in total. The molecule has 1 heterocycles. The third-order valence-electron chi connectivity index (χ3n) is 2.79. The number of nitrogens with zero attached hydrogens (tertiary/aromatic N) is 1. The van der Waals surface area contributed by atoms with Crippen LogP contribution in [0.5, 0.6) is 0 Å². The lowest BCUT2D eigenvalue weighted by Gasteiger charge is -2.31. The minimum Gasteiger partial charge on any atom is -0.479 e. The second-order valence-electron chi connectivity index (χ2n) is 4.07. The molecule has 1 aliphatic heterocycles. The Hall–Kier alpha value is -1.30. The van der Waals surface area contributed by atoms with Crippen LogP contribution in [0.4, 0.5) is 0 Å². The van der Waals surface area contributed by atoms with Crippen LogP contribution >= 0.6 is 23.2 Å². The van der Waals surface area contributed by atoms with E-state index in [9.17, 15) is 9.59 Å². The maximum absolute atomic E-state index is 12.3. The van der Waals surface area contributed by atoms with E-state index in [2.05, 4.69) is 0 Å². The van der Waals surface area contributed by atoms with Crippen molar-refractivity contribution in [2.24, 2.45) is 0 Å². The number of carbonyl (C=O) groups excluding carboxylic acids is 1. The average molecular weight is 304 g/mol. The molecular formula is C12H11Cl2NO4. The van der Waals surface area contributed by atoms with E-state index in [1.165, 1.54) is 17.0 Å². The molecule has 1 atom stereocenters. The van der Waals surface area contributed by atoms with Gasteiger partial charge < -0.3 is 14.7 Å². The van der Waals surface area contributed by atoms with Gasteiger partial charge in [-0.2, -0.15) is 0 Å². The lowest BCUT2D eigenvalue weighted by molar-refractivity contribution is -0.154. The van der Waals surface area contributed by atoms with Gasteiger partial charge in [0.25, 0.3) is 5.91 Å². The number of hydrogen-bond acceptors (Lipinski definition) is 3. The molecule has 2 rings (SSSR count). The fourth-order valence-corrected chi connectivity index (χ4v) is 2.19. The number of morpholine rings is 1. The van der Waals surface area contributed by atoms with Crippen LogP contribution in [0.15, 0.2) is 18.2 Å². The first-order chi connectivity index (χ1) is 8.99. The molecule has 19 heavy (non-hydrogen) atoms. The second kappa shape index (κ2) is 5.77. The average Bonchev–Trinajstić information content (AvgIpc) is 2.41. The molecule has 1 aromatic rings. The standard InChI is InChI=1S/C12H11Cl2NO4/c13-7-1-2-9(14)8(5-7)11(16)15-3-4-19-10(6-15)12(17)18/h1-2,5,10H,3-4,6H2,(H,17,18). The fourth-order valence-electron chi connectivity index (χ4n) is 1.81. The van der Waals surface area contributed by atoms with Gasteiger partial charge >= 0.3 is 5.97 Å². The first kappa shape index (κ1) is 14.1. The Kier molecular flexibility index (Phi) is 4.29. The molecule has 1 fully saturated rings. The zero-order valence-corrected chi connectivity index (χ0v) is 11.3. The number of aliphatic carboxylic acids is 1. The zero-order valence-electron chi connectivity index (χ0n) is 9.81. The summed E-state index contributed by atoms with van der Waals surface area (Å²) in [4.78, 5) is 24.5. The van der Waals surface area contributed by atoms with Gasteiger partial charge in [0.05, 0.1) is 23.7 Å². The topological polar surface area (TPSA) is 66.8 Å². The van der Waals surface area contributed by atoms with E-state index in [-0.39, 0.29) is 29.6 Å². The second-order valence-corrected chi connectivity index (χ2v) is 4.92. The molecule has 0 saturated carbocycles. The SMILES string of the molecule is O=C(O)C1CN(C(=O)c2cc(Cl)ccc2Cl)CCO1. The Bertz CT molecular complexity index is 520. The van der Waals surface area contributed by atoms with E-state index >= 15 is 0 Å². The van der Waals surface area contributed by atoms with Crippen LogP contribution in [0.1, 0.15) is 10.4 Å². The molecule has 102 valence electrons. The van der Waals surface area contributed by atoms with Crippen molar-refractivity contribution < 1.29 is 19.4 Å². The zero-order chi connectivity index (χ0) is 14.0. The molecule has 0 aliphatic carbocycles. The van der Waals surface area contributed by atoms with Crippen molar-refractivity contribution in [2.75, 3.05) is 19.7 Å². The number of carboxylic acids is 1. The van der Waals surface area contributed by atoms with Gasteiger partial charge in [-0.15, -0.1) is 0 Å². The molecule has 1 saturated heterocycles. The molecule has 1 aliphatic rings. The predicted octanol–water partition coefficient (Wildman–Crippen LogP) is 1.92. The molecule has 0 spiro atoms. The monoisotopic (exact) mass is 303 g/mol. The van der Waals surface area contributed by atoms with Crippen molar-refractivity contribution in [3.63, 3.8) is 0 Å². The minimum atomic E-state index is -1.09. The minimum absolute atomic E-state index is 0.00297. The lowest BCUT2D eigenvalue weighted by Crippen LogP contribution is -2.48. The highest BCUT2D eigenvalue weighted by Gasteiger charge is 2.30. The van der Waals surface area contributed by atoms with Crippen molar-refractivity contribution in [3.05, 3.63) is 33.8 Å². The number of benzene rings is 1. The summed E-state index contributed by atoms with van der Waals surface area (Å²) in [7, 11) is 0. The van der Waals surface area contributed by atoms with Crippen molar-refractivity contribution in [1.29, 1.82) is 0 Å². The summed E-state index contributed by atoms with van der Waals surface area (Å²) < 4.78 is 5.06. The smallest absolute Gasteiger partial charge is 0.334 e. The fraction of sp³-hybridized carbons (Fsp3) is 0.333. The van der Waals surface area contributed by atoms with Crippen LogP contribution in [0.25, 0.3) is 0 Å². The van der Waals surface area contributed by atoms with E-state index in [0.29, 0.717) is 11.6 Å². The number of carboxylic acid groups (broad SMARTS) is 1. The highest BCUT2D eigenvalue weighted by Crippen LogP contribution is 2.23. The van der Waals surface area contributed by atoms with Gasteiger partial charge in [-0.05, 0) is 18.2 Å². The summed E-state index contributed by atoms with van der Waals surface area (Å²) >= 11 is 11.8. The normalized spacial score (nSPS) is 19.3. The van der Waals surface area contributed by atoms with Crippen molar-refractivity contribution in [3.8, 4) is 0 Å². The quantitative estimate of drug-likeness (QED) is 0.906.